The van der Waals surface area contributed by atoms with E-state index in [0.29, 0.717) is 0 Å². The van der Waals surface area contributed by atoms with Gasteiger partial charge in [-0.25, -0.2) is 0 Å². The quantitative estimate of drug-likeness (QED) is 0.862. The second-order valence-corrected chi connectivity index (χ2v) is 5.53. The third kappa shape index (κ3) is 3.11. The Labute approximate surface area is 101 Å². The Morgan fingerprint density at radius 2 is 2.13 bits per heavy atom. The second kappa shape index (κ2) is 4.86. The highest BCUT2D eigenvalue weighted by Gasteiger charge is 2.01. The Bertz CT molecular complexity index is 453. The zero-order valence-electron chi connectivity index (χ0n) is 8.40. The molecule has 2 aromatic rings. The van der Waals surface area contributed by atoms with Crippen LogP contribution < -0.4 is 0 Å². The van der Waals surface area contributed by atoms with Crippen molar-refractivity contribution in [3.05, 3.63) is 44.3 Å². The molecular formula is C11H11BrN2S. The van der Waals surface area contributed by atoms with E-state index in [0.717, 1.165) is 27.3 Å². The minimum atomic E-state index is 0.974. The summed E-state index contributed by atoms with van der Waals surface area (Å²) in [6.45, 7) is 1.99. The summed E-state index contributed by atoms with van der Waals surface area (Å²) in [5, 5.41) is 10.3. The number of hydrogen-bond acceptors (Lipinski definition) is 3. The standard InChI is InChI=1S/C11H11BrN2S/c1-8-13-14-11(15-8)6-5-9-3-2-4-10(12)7-9/h2-4,7H,5-6H2,1H3. The number of aryl methyl sites for hydroxylation is 3. The van der Waals surface area contributed by atoms with Crippen LogP contribution in [-0.4, -0.2) is 10.2 Å². The minimum Gasteiger partial charge on any atom is -0.144 e. The van der Waals surface area contributed by atoms with E-state index in [9.17, 15) is 0 Å². The van der Waals surface area contributed by atoms with Gasteiger partial charge in [0, 0.05) is 10.9 Å². The van der Waals surface area contributed by atoms with Crippen molar-refractivity contribution in [1.29, 1.82) is 0 Å². The number of halogens is 1. The molecule has 78 valence electrons. The normalized spacial score (nSPS) is 10.5. The van der Waals surface area contributed by atoms with Crippen molar-refractivity contribution in [2.45, 2.75) is 19.8 Å². The van der Waals surface area contributed by atoms with Gasteiger partial charge in [0.1, 0.15) is 10.0 Å². The van der Waals surface area contributed by atoms with Crippen molar-refractivity contribution in [3.8, 4) is 0 Å². The largest absolute Gasteiger partial charge is 0.144 e. The first kappa shape index (κ1) is 10.8. The Hall–Kier alpha value is -0.740. The molecule has 0 spiro atoms. The molecule has 2 rings (SSSR count). The summed E-state index contributed by atoms with van der Waals surface area (Å²) >= 11 is 5.14. The first-order valence-electron chi connectivity index (χ1n) is 4.77. The van der Waals surface area contributed by atoms with Gasteiger partial charge in [0.2, 0.25) is 0 Å². The van der Waals surface area contributed by atoms with E-state index in [2.05, 4.69) is 44.3 Å². The highest BCUT2D eigenvalue weighted by molar-refractivity contribution is 9.10. The summed E-state index contributed by atoms with van der Waals surface area (Å²) in [5.74, 6) is 0. The van der Waals surface area contributed by atoms with Gasteiger partial charge in [0.25, 0.3) is 0 Å². The number of aromatic nitrogens is 2. The van der Waals surface area contributed by atoms with E-state index in [1.807, 2.05) is 13.0 Å². The lowest BCUT2D eigenvalue weighted by atomic mass is 10.1. The maximum Gasteiger partial charge on any atom is 0.117 e. The van der Waals surface area contributed by atoms with Gasteiger partial charge in [-0.2, -0.15) is 0 Å². The highest BCUT2D eigenvalue weighted by atomic mass is 79.9. The Morgan fingerprint density at radius 3 is 2.80 bits per heavy atom. The van der Waals surface area contributed by atoms with E-state index in [1.165, 1.54) is 5.56 Å². The molecule has 0 saturated heterocycles. The lowest BCUT2D eigenvalue weighted by Gasteiger charge is -1.99. The SMILES string of the molecule is Cc1nnc(CCc2cccc(Br)c2)s1. The first-order chi connectivity index (χ1) is 7.24. The molecule has 0 aliphatic heterocycles. The third-order valence-electron chi connectivity index (χ3n) is 2.08. The molecule has 1 heterocycles. The van der Waals surface area contributed by atoms with Crippen LogP contribution in [-0.2, 0) is 12.8 Å². The van der Waals surface area contributed by atoms with Gasteiger partial charge in [-0.05, 0) is 31.0 Å². The summed E-state index contributed by atoms with van der Waals surface area (Å²) in [4.78, 5) is 0. The van der Waals surface area contributed by atoms with Gasteiger partial charge < -0.3 is 0 Å². The molecule has 15 heavy (non-hydrogen) atoms. The van der Waals surface area contributed by atoms with Crippen LogP contribution >= 0.6 is 27.3 Å². The molecule has 0 aliphatic carbocycles. The van der Waals surface area contributed by atoms with E-state index >= 15 is 0 Å². The van der Waals surface area contributed by atoms with Crippen molar-refractivity contribution < 1.29 is 0 Å². The van der Waals surface area contributed by atoms with Crippen molar-refractivity contribution in [2.75, 3.05) is 0 Å². The fourth-order valence-corrected chi connectivity index (χ4v) is 2.54. The van der Waals surface area contributed by atoms with Crippen LogP contribution in [0.1, 0.15) is 15.6 Å². The summed E-state index contributed by atoms with van der Waals surface area (Å²) in [6.07, 6.45) is 2.00. The molecule has 0 saturated carbocycles. The second-order valence-electron chi connectivity index (χ2n) is 3.34. The van der Waals surface area contributed by atoms with Gasteiger partial charge in [-0.1, -0.05) is 28.1 Å². The Balaban J connectivity index is 1.99. The summed E-state index contributed by atoms with van der Waals surface area (Å²) in [7, 11) is 0. The molecule has 0 unspecified atom stereocenters. The smallest absolute Gasteiger partial charge is 0.117 e. The average molecular weight is 283 g/mol. The predicted octanol–water partition coefficient (Wildman–Crippen LogP) is 3.39. The fraction of sp³-hybridized carbons (Fsp3) is 0.273. The topological polar surface area (TPSA) is 25.8 Å². The Morgan fingerprint density at radius 1 is 1.27 bits per heavy atom. The van der Waals surface area contributed by atoms with Gasteiger partial charge in [-0.3, -0.25) is 0 Å². The molecule has 4 heteroatoms. The van der Waals surface area contributed by atoms with Crippen LogP contribution in [0.3, 0.4) is 0 Å². The molecule has 0 atom stereocenters. The zero-order valence-corrected chi connectivity index (χ0v) is 10.8. The van der Waals surface area contributed by atoms with Crippen molar-refractivity contribution in [2.24, 2.45) is 0 Å². The molecule has 0 bridgehead atoms. The van der Waals surface area contributed by atoms with Crippen LogP contribution in [0.15, 0.2) is 28.7 Å². The maximum atomic E-state index is 4.11. The molecule has 1 aromatic heterocycles. The predicted molar refractivity (Wildman–Crippen MR) is 66.2 cm³/mol. The number of nitrogens with zero attached hydrogens (tertiary/aromatic N) is 2. The molecule has 0 N–H and O–H groups in total. The van der Waals surface area contributed by atoms with Gasteiger partial charge in [0.05, 0.1) is 0 Å². The number of hydrogen-bond donors (Lipinski definition) is 0. The van der Waals surface area contributed by atoms with Crippen LogP contribution in [0.2, 0.25) is 0 Å². The molecular weight excluding hydrogens is 272 g/mol. The van der Waals surface area contributed by atoms with Crippen molar-refractivity contribution in [3.63, 3.8) is 0 Å². The van der Waals surface area contributed by atoms with E-state index in [4.69, 9.17) is 0 Å². The van der Waals surface area contributed by atoms with Crippen molar-refractivity contribution in [1.82, 2.24) is 10.2 Å². The summed E-state index contributed by atoms with van der Waals surface area (Å²) < 4.78 is 1.13. The molecule has 1 aromatic carbocycles. The van der Waals surface area contributed by atoms with E-state index in [-0.39, 0.29) is 0 Å². The highest BCUT2D eigenvalue weighted by Crippen LogP contribution is 2.15. The lowest BCUT2D eigenvalue weighted by molar-refractivity contribution is 0.897. The van der Waals surface area contributed by atoms with Gasteiger partial charge in [0.15, 0.2) is 0 Å². The van der Waals surface area contributed by atoms with Gasteiger partial charge in [-0.15, -0.1) is 21.5 Å². The molecule has 2 nitrogen and oxygen atoms in total. The maximum absolute atomic E-state index is 4.11. The average Bonchev–Trinajstić information content (AvgIpc) is 2.62. The number of benzene rings is 1. The molecule has 0 radical (unpaired) electrons. The van der Waals surface area contributed by atoms with Crippen LogP contribution in [0, 0.1) is 6.92 Å². The fourth-order valence-electron chi connectivity index (χ4n) is 1.38. The molecule has 0 amide bonds. The summed E-state index contributed by atoms with van der Waals surface area (Å²) in [5.41, 5.74) is 1.33. The van der Waals surface area contributed by atoms with Gasteiger partial charge >= 0.3 is 0 Å². The Kier molecular flexibility index (Phi) is 3.49. The monoisotopic (exact) mass is 282 g/mol. The van der Waals surface area contributed by atoms with E-state index in [1.54, 1.807) is 11.3 Å². The van der Waals surface area contributed by atoms with E-state index < -0.39 is 0 Å². The number of rotatable bonds is 3. The van der Waals surface area contributed by atoms with Crippen molar-refractivity contribution >= 4 is 27.3 Å². The zero-order chi connectivity index (χ0) is 10.7. The van der Waals surface area contributed by atoms with Crippen LogP contribution in [0.5, 0.6) is 0 Å². The molecule has 0 fully saturated rings. The van der Waals surface area contributed by atoms with Crippen LogP contribution in [0.4, 0.5) is 0 Å². The minimum absolute atomic E-state index is 0.974. The third-order valence-corrected chi connectivity index (χ3v) is 3.48. The summed E-state index contributed by atoms with van der Waals surface area (Å²) in [6, 6.07) is 8.38. The lowest BCUT2D eigenvalue weighted by Crippen LogP contribution is -1.90. The first-order valence-corrected chi connectivity index (χ1v) is 6.38. The van der Waals surface area contributed by atoms with Crippen LogP contribution in [0.25, 0.3) is 0 Å². The molecule has 0 aliphatic rings.